The predicted octanol–water partition coefficient (Wildman–Crippen LogP) is 2.65. The molecule has 5 heteroatoms. The maximum absolute atomic E-state index is 10.3. The van der Waals surface area contributed by atoms with Gasteiger partial charge in [0.2, 0.25) is 0 Å². The molecule has 2 fully saturated rings. The highest BCUT2D eigenvalue weighted by atomic mass is 16.3. The maximum Gasteiger partial charge on any atom is 0.132 e. The topological polar surface area (TPSA) is 75.3 Å². The number of anilines is 1. The lowest BCUT2D eigenvalue weighted by molar-refractivity contribution is 0.476. The lowest BCUT2D eigenvalue weighted by Gasteiger charge is -2.32. The fraction of sp³-hybridized carbons (Fsp3) is 0.444. The molecule has 1 aliphatic heterocycles. The van der Waals surface area contributed by atoms with E-state index in [1.807, 2.05) is 24.4 Å². The zero-order chi connectivity index (χ0) is 15.8. The number of aromatic hydroxyl groups is 1. The van der Waals surface area contributed by atoms with Crippen molar-refractivity contribution in [3.63, 3.8) is 0 Å². The van der Waals surface area contributed by atoms with Crippen LogP contribution in [0, 0.1) is 0 Å². The van der Waals surface area contributed by atoms with Gasteiger partial charge in [-0.25, -0.2) is 9.97 Å². The van der Waals surface area contributed by atoms with Gasteiger partial charge in [0, 0.05) is 30.6 Å². The third kappa shape index (κ3) is 2.88. The van der Waals surface area contributed by atoms with Crippen LogP contribution in [0.1, 0.15) is 37.4 Å². The third-order valence-corrected chi connectivity index (χ3v) is 4.77. The van der Waals surface area contributed by atoms with Gasteiger partial charge in [0.1, 0.15) is 17.3 Å². The van der Waals surface area contributed by atoms with E-state index in [1.165, 1.54) is 0 Å². The van der Waals surface area contributed by atoms with Gasteiger partial charge in [-0.05, 0) is 37.8 Å². The summed E-state index contributed by atoms with van der Waals surface area (Å²) in [5.74, 6) is 1.66. The summed E-state index contributed by atoms with van der Waals surface area (Å²) in [6.07, 6.45) is 6.21. The first-order valence-electron chi connectivity index (χ1n) is 8.38. The normalized spacial score (nSPS) is 19.1. The molecule has 5 nitrogen and oxygen atoms in total. The van der Waals surface area contributed by atoms with Gasteiger partial charge in [-0.1, -0.05) is 12.1 Å². The van der Waals surface area contributed by atoms with Crippen LogP contribution in [0.5, 0.6) is 5.75 Å². The van der Waals surface area contributed by atoms with E-state index in [-0.39, 0.29) is 11.8 Å². The molecule has 2 heterocycles. The van der Waals surface area contributed by atoms with Crippen molar-refractivity contribution in [3.05, 3.63) is 36.3 Å². The van der Waals surface area contributed by atoms with E-state index in [2.05, 4.69) is 9.88 Å². The van der Waals surface area contributed by atoms with E-state index in [1.54, 1.807) is 6.07 Å². The van der Waals surface area contributed by atoms with Crippen LogP contribution in [0.2, 0.25) is 0 Å². The number of hydrogen-bond donors (Lipinski definition) is 2. The number of piperidine rings is 1. The van der Waals surface area contributed by atoms with Gasteiger partial charge in [-0.15, -0.1) is 0 Å². The number of hydrogen-bond acceptors (Lipinski definition) is 5. The van der Waals surface area contributed by atoms with Crippen LogP contribution in [0.4, 0.5) is 5.69 Å². The molecule has 0 amide bonds. The van der Waals surface area contributed by atoms with Crippen LogP contribution in [0.15, 0.2) is 30.5 Å². The van der Waals surface area contributed by atoms with Crippen LogP contribution in [-0.2, 0) is 0 Å². The molecular weight excluding hydrogens is 288 g/mol. The molecule has 1 aliphatic carbocycles. The summed E-state index contributed by atoms with van der Waals surface area (Å²) >= 11 is 0. The average Bonchev–Trinajstić information content (AvgIpc) is 3.41. The van der Waals surface area contributed by atoms with Crippen molar-refractivity contribution < 1.29 is 5.11 Å². The van der Waals surface area contributed by atoms with Crippen LogP contribution in [0.3, 0.4) is 0 Å². The van der Waals surface area contributed by atoms with E-state index in [0.717, 1.165) is 61.5 Å². The fourth-order valence-corrected chi connectivity index (χ4v) is 3.17. The van der Waals surface area contributed by atoms with Crippen molar-refractivity contribution in [2.45, 2.75) is 37.6 Å². The van der Waals surface area contributed by atoms with Crippen molar-refractivity contribution in [1.29, 1.82) is 0 Å². The quantitative estimate of drug-likeness (QED) is 0.911. The van der Waals surface area contributed by atoms with Gasteiger partial charge in [-0.3, -0.25) is 0 Å². The number of rotatable bonds is 3. The summed E-state index contributed by atoms with van der Waals surface area (Å²) < 4.78 is 0. The molecular formula is C18H22N4O. The number of para-hydroxylation sites is 1. The number of nitrogens with two attached hydrogens (primary N) is 1. The molecule has 4 rings (SSSR count). The molecule has 120 valence electrons. The summed E-state index contributed by atoms with van der Waals surface area (Å²) in [4.78, 5) is 11.7. The van der Waals surface area contributed by atoms with Crippen molar-refractivity contribution in [2.75, 3.05) is 18.0 Å². The van der Waals surface area contributed by atoms with Crippen LogP contribution in [-0.4, -0.2) is 34.2 Å². The van der Waals surface area contributed by atoms with Crippen LogP contribution in [0.25, 0.3) is 11.3 Å². The number of aromatic nitrogens is 2. The van der Waals surface area contributed by atoms with Crippen molar-refractivity contribution in [2.24, 2.45) is 5.73 Å². The monoisotopic (exact) mass is 310 g/mol. The van der Waals surface area contributed by atoms with Crippen molar-refractivity contribution >= 4 is 5.69 Å². The predicted molar refractivity (Wildman–Crippen MR) is 90.5 cm³/mol. The van der Waals surface area contributed by atoms with E-state index in [0.29, 0.717) is 5.92 Å². The molecule has 0 atom stereocenters. The van der Waals surface area contributed by atoms with Gasteiger partial charge < -0.3 is 15.7 Å². The van der Waals surface area contributed by atoms with Crippen LogP contribution >= 0.6 is 0 Å². The molecule has 0 radical (unpaired) electrons. The zero-order valence-electron chi connectivity index (χ0n) is 13.2. The van der Waals surface area contributed by atoms with Gasteiger partial charge in [0.25, 0.3) is 0 Å². The highest BCUT2D eigenvalue weighted by Crippen LogP contribution is 2.41. The largest absolute Gasteiger partial charge is 0.507 e. The molecule has 1 aromatic heterocycles. The van der Waals surface area contributed by atoms with Gasteiger partial charge in [-0.2, -0.15) is 0 Å². The van der Waals surface area contributed by atoms with E-state index < -0.39 is 0 Å². The lowest BCUT2D eigenvalue weighted by Crippen LogP contribution is -2.40. The second-order valence-electron chi connectivity index (χ2n) is 6.58. The molecule has 23 heavy (non-hydrogen) atoms. The highest BCUT2D eigenvalue weighted by molar-refractivity contribution is 5.78. The van der Waals surface area contributed by atoms with Crippen LogP contribution < -0.4 is 10.6 Å². The Labute approximate surface area is 136 Å². The Morgan fingerprint density at radius 1 is 1.09 bits per heavy atom. The zero-order valence-corrected chi connectivity index (χ0v) is 13.2. The molecule has 0 spiro atoms. The summed E-state index contributed by atoms with van der Waals surface area (Å²) in [5.41, 5.74) is 8.65. The Balaban J connectivity index is 1.77. The Bertz CT molecular complexity index is 706. The number of phenolic OH excluding ortho intramolecular Hbond substituents is 1. The molecule has 0 unspecified atom stereocenters. The average molecular weight is 310 g/mol. The summed E-state index contributed by atoms with van der Waals surface area (Å²) in [7, 11) is 0. The van der Waals surface area contributed by atoms with Gasteiger partial charge in [0.05, 0.1) is 11.9 Å². The second-order valence-corrected chi connectivity index (χ2v) is 6.58. The smallest absolute Gasteiger partial charge is 0.132 e. The lowest BCUT2D eigenvalue weighted by atomic mass is 10.0. The minimum Gasteiger partial charge on any atom is -0.507 e. The SMILES string of the molecule is NC1CCN(c2cnc(C3CC3)nc2-c2ccccc2O)CC1. The molecule has 1 saturated carbocycles. The Morgan fingerprint density at radius 2 is 1.83 bits per heavy atom. The second kappa shape index (κ2) is 5.81. The highest BCUT2D eigenvalue weighted by Gasteiger charge is 2.29. The molecule has 1 saturated heterocycles. The summed E-state index contributed by atoms with van der Waals surface area (Å²) in [5, 5.41) is 10.3. The Morgan fingerprint density at radius 3 is 2.52 bits per heavy atom. The molecule has 2 aliphatic rings. The first kappa shape index (κ1) is 14.5. The number of benzene rings is 1. The fourth-order valence-electron chi connectivity index (χ4n) is 3.17. The van der Waals surface area contributed by atoms with Crippen molar-refractivity contribution in [3.8, 4) is 17.0 Å². The van der Waals surface area contributed by atoms with E-state index >= 15 is 0 Å². The molecule has 0 bridgehead atoms. The van der Waals surface area contributed by atoms with E-state index in [9.17, 15) is 5.11 Å². The summed E-state index contributed by atoms with van der Waals surface area (Å²) in [6, 6.07) is 7.69. The van der Waals surface area contributed by atoms with E-state index in [4.69, 9.17) is 10.7 Å². The minimum absolute atomic E-state index is 0.267. The molecule has 3 N–H and O–H groups in total. The first-order chi connectivity index (χ1) is 11.2. The third-order valence-electron chi connectivity index (χ3n) is 4.77. The van der Waals surface area contributed by atoms with Crippen molar-refractivity contribution in [1.82, 2.24) is 9.97 Å². The molecule has 2 aromatic rings. The maximum atomic E-state index is 10.3. The summed E-state index contributed by atoms with van der Waals surface area (Å²) in [6.45, 7) is 1.82. The first-order valence-corrected chi connectivity index (χ1v) is 8.38. The Kier molecular flexibility index (Phi) is 3.65. The standard InChI is InChI=1S/C18H22N4O/c19-13-7-9-22(10-8-13)15-11-20-18(12-5-6-12)21-17(15)14-3-1-2-4-16(14)23/h1-4,11-13,23H,5-10,19H2. The minimum atomic E-state index is 0.267. The Hall–Kier alpha value is -2.14. The van der Waals surface area contributed by atoms with Gasteiger partial charge >= 0.3 is 0 Å². The molecule has 1 aromatic carbocycles. The number of nitrogens with zero attached hydrogens (tertiary/aromatic N) is 3. The number of phenols is 1. The van der Waals surface area contributed by atoms with Gasteiger partial charge in [0.15, 0.2) is 0 Å².